The second-order valence-electron chi connectivity index (χ2n) is 9.34. The van der Waals surface area contributed by atoms with Gasteiger partial charge < -0.3 is 30.3 Å². The zero-order valence-electron chi connectivity index (χ0n) is 20.5. The fourth-order valence-corrected chi connectivity index (χ4v) is 4.99. The van der Waals surface area contributed by atoms with Crippen molar-refractivity contribution in [2.75, 3.05) is 37.6 Å². The molecule has 0 saturated carbocycles. The topological polar surface area (TPSA) is 128 Å². The Morgan fingerprint density at radius 1 is 0.737 bits per heavy atom. The number of hydrogen-bond donors (Lipinski definition) is 2. The number of nitrogens with two attached hydrogens (primary N) is 2. The summed E-state index contributed by atoms with van der Waals surface area (Å²) in [5.41, 5.74) is 15.5. The van der Waals surface area contributed by atoms with Gasteiger partial charge in [-0.2, -0.15) is 0 Å². The predicted molar refractivity (Wildman–Crippen MR) is 146 cm³/mol. The lowest BCUT2D eigenvalue weighted by molar-refractivity contribution is 0.0534. The largest absolute Gasteiger partial charge is 0.463 e. The smallest absolute Gasteiger partial charge is 0.261 e. The Hall–Kier alpha value is -5.05. The van der Waals surface area contributed by atoms with Crippen LogP contribution in [0, 0.1) is 0 Å². The zero-order valence-corrected chi connectivity index (χ0v) is 20.5. The van der Waals surface area contributed by atoms with Crippen LogP contribution in [0.5, 0.6) is 0 Å². The van der Waals surface area contributed by atoms with Gasteiger partial charge >= 0.3 is 0 Å². The third-order valence-corrected chi connectivity index (χ3v) is 6.97. The van der Waals surface area contributed by atoms with Crippen molar-refractivity contribution < 1.29 is 14.0 Å². The molecular weight excluding hydrogens is 482 g/mol. The molecule has 190 valence electrons. The first-order chi connectivity index (χ1) is 18.4. The number of para-hydroxylation sites is 1. The van der Waals surface area contributed by atoms with E-state index in [4.69, 9.17) is 15.9 Å². The highest BCUT2D eigenvalue weighted by Gasteiger charge is 2.29. The van der Waals surface area contributed by atoms with E-state index >= 15 is 0 Å². The summed E-state index contributed by atoms with van der Waals surface area (Å²) in [6.45, 7) is 1.26. The van der Waals surface area contributed by atoms with Crippen LogP contribution in [0.15, 0.2) is 88.4 Å². The minimum Gasteiger partial charge on any atom is -0.463 e. The van der Waals surface area contributed by atoms with Crippen molar-refractivity contribution in [1.29, 1.82) is 0 Å². The molecule has 9 nitrogen and oxygen atoms in total. The van der Waals surface area contributed by atoms with Crippen LogP contribution in [-0.4, -0.2) is 52.4 Å². The third-order valence-electron chi connectivity index (χ3n) is 6.97. The summed E-state index contributed by atoms with van der Waals surface area (Å²) in [5.74, 6) is -0.553. The Labute approximate surface area is 217 Å². The van der Waals surface area contributed by atoms with Gasteiger partial charge in [0.25, 0.3) is 11.8 Å². The maximum Gasteiger partial charge on any atom is 0.261 e. The Balaban J connectivity index is 1.25. The van der Waals surface area contributed by atoms with Gasteiger partial charge in [0.1, 0.15) is 17.4 Å². The van der Waals surface area contributed by atoms with E-state index in [0.29, 0.717) is 54.1 Å². The van der Waals surface area contributed by atoms with E-state index in [1.807, 2.05) is 34.9 Å². The van der Waals surface area contributed by atoms with Crippen molar-refractivity contribution in [3.8, 4) is 5.69 Å². The van der Waals surface area contributed by atoms with Crippen molar-refractivity contribution in [1.82, 2.24) is 14.4 Å². The van der Waals surface area contributed by atoms with Crippen LogP contribution in [0.4, 0.5) is 11.4 Å². The summed E-state index contributed by atoms with van der Waals surface area (Å²) in [6, 6.07) is 19.7. The second kappa shape index (κ2) is 9.11. The summed E-state index contributed by atoms with van der Waals surface area (Å²) in [4.78, 5) is 43.0. The van der Waals surface area contributed by atoms with E-state index in [-0.39, 0.29) is 16.9 Å². The van der Waals surface area contributed by atoms with Gasteiger partial charge in [0.15, 0.2) is 0 Å². The van der Waals surface area contributed by atoms with Crippen LogP contribution < -0.4 is 16.9 Å². The van der Waals surface area contributed by atoms with Gasteiger partial charge in [-0.15, -0.1) is 0 Å². The Kier molecular flexibility index (Phi) is 5.60. The third kappa shape index (κ3) is 3.94. The van der Waals surface area contributed by atoms with Gasteiger partial charge in [-0.1, -0.05) is 18.2 Å². The fourth-order valence-electron chi connectivity index (χ4n) is 4.99. The van der Waals surface area contributed by atoms with Crippen LogP contribution >= 0.6 is 0 Å². The van der Waals surface area contributed by atoms with E-state index < -0.39 is 5.91 Å². The maximum atomic E-state index is 13.7. The standard InChI is InChI=1S/C29H25N5O4/c30-18-4-3-5-20(14-18)34-16-23(22-15-19(31)8-9-25(22)34)28(36)32-10-12-33(13-11-32)29(37)24-17-38-26-7-2-1-6-21(26)27(24)35/h1-9,14-17H,10-13,30-31H2. The van der Waals surface area contributed by atoms with Gasteiger partial charge in [-0.05, 0) is 48.5 Å². The molecule has 2 aromatic heterocycles. The molecule has 1 saturated heterocycles. The van der Waals surface area contributed by atoms with Crippen molar-refractivity contribution in [2.45, 2.75) is 0 Å². The lowest BCUT2D eigenvalue weighted by atomic mass is 10.1. The van der Waals surface area contributed by atoms with Crippen LogP contribution in [0.3, 0.4) is 0 Å². The van der Waals surface area contributed by atoms with Gasteiger partial charge in [0.05, 0.1) is 16.5 Å². The zero-order chi connectivity index (χ0) is 26.4. The lowest BCUT2D eigenvalue weighted by Crippen LogP contribution is -2.51. The minimum atomic E-state index is -0.400. The fraction of sp³-hybridized carbons (Fsp3) is 0.138. The quantitative estimate of drug-likeness (QED) is 0.360. The van der Waals surface area contributed by atoms with Crippen LogP contribution in [0.1, 0.15) is 20.7 Å². The molecule has 0 spiro atoms. The van der Waals surface area contributed by atoms with Crippen LogP contribution in [0.2, 0.25) is 0 Å². The molecule has 3 aromatic carbocycles. The molecule has 38 heavy (non-hydrogen) atoms. The molecule has 6 rings (SSSR count). The molecule has 0 radical (unpaired) electrons. The molecule has 4 N–H and O–H groups in total. The number of piperazine rings is 1. The number of carbonyl (C=O) groups is 2. The monoisotopic (exact) mass is 507 g/mol. The number of amides is 2. The normalized spacial score (nSPS) is 13.8. The summed E-state index contributed by atoms with van der Waals surface area (Å²) in [7, 11) is 0. The summed E-state index contributed by atoms with van der Waals surface area (Å²) >= 11 is 0. The molecule has 0 atom stereocenters. The summed E-state index contributed by atoms with van der Waals surface area (Å²) in [6.07, 6.45) is 3.03. The van der Waals surface area contributed by atoms with E-state index in [1.165, 1.54) is 6.26 Å². The Morgan fingerprint density at radius 3 is 2.16 bits per heavy atom. The van der Waals surface area contributed by atoms with E-state index in [9.17, 15) is 14.4 Å². The molecule has 9 heteroatoms. The minimum absolute atomic E-state index is 0.0100. The number of fused-ring (bicyclic) bond motifs is 2. The number of benzene rings is 3. The number of anilines is 2. The molecule has 0 aliphatic carbocycles. The number of carbonyl (C=O) groups excluding carboxylic acids is 2. The molecular formula is C29H25N5O4. The molecule has 0 bridgehead atoms. The number of nitrogen functional groups attached to an aromatic ring is 2. The highest BCUT2D eigenvalue weighted by atomic mass is 16.3. The molecule has 1 fully saturated rings. The van der Waals surface area contributed by atoms with E-state index in [1.54, 1.807) is 52.4 Å². The molecule has 3 heterocycles. The van der Waals surface area contributed by atoms with Crippen LogP contribution in [0.25, 0.3) is 27.6 Å². The highest BCUT2D eigenvalue weighted by Crippen LogP contribution is 2.29. The average Bonchev–Trinajstić information content (AvgIpc) is 3.31. The predicted octanol–water partition coefficient (Wildman–Crippen LogP) is 3.50. The maximum absolute atomic E-state index is 13.7. The first-order valence-electron chi connectivity index (χ1n) is 12.3. The number of aromatic nitrogens is 1. The molecule has 5 aromatic rings. The molecule has 1 aliphatic heterocycles. The van der Waals surface area contributed by atoms with Crippen molar-refractivity contribution in [3.63, 3.8) is 0 Å². The lowest BCUT2D eigenvalue weighted by Gasteiger charge is -2.34. The molecule has 1 aliphatic rings. The number of nitrogens with zero attached hydrogens (tertiary/aromatic N) is 3. The highest BCUT2D eigenvalue weighted by molar-refractivity contribution is 6.08. The second-order valence-corrected chi connectivity index (χ2v) is 9.34. The Bertz CT molecular complexity index is 1780. The van der Waals surface area contributed by atoms with E-state index in [2.05, 4.69) is 0 Å². The van der Waals surface area contributed by atoms with Crippen LogP contribution in [-0.2, 0) is 0 Å². The summed E-state index contributed by atoms with van der Waals surface area (Å²) < 4.78 is 7.44. The van der Waals surface area contributed by atoms with Crippen molar-refractivity contribution >= 4 is 45.1 Å². The van der Waals surface area contributed by atoms with Gasteiger partial charge in [-0.3, -0.25) is 14.4 Å². The van der Waals surface area contributed by atoms with Gasteiger partial charge in [0.2, 0.25) is 5.43 Å². The first-order valence-corrected chi connectivity index (χ1v) is 12.3. The molecule has 2 amide bonds. The van der Waals surface area contributed by atoms with Gasteiger partial charge in [-0.25, -0.2) is 0 Å². The number of rotatable bonds is 3. The summed E-state index contributed by atoms with van der Waals surface area (Å²) in [5, 5.41) is 1.10. The van der Waals surface area contributed by atoms with Gasteiger partial charge in [0, 0.05) is 54.8 Å². The Morgan fingerprint density at radius 2 is 1.42 bits per heavy atom. The number of hydrogen-bond acceptors (Lipinski definition) is 6. The first kappa shape index (κ1) is 23.4. The molecule has 0 unspecified atom stereocenters. The van der Waals surface area contributed by atoms with Crippen molar-refractivity contribution in [2.24, 2.45) is 0 Å². The SMILES string of the molecule is Nc1cccc(-n2cc(C(=O)N3CCN(C(=O)c4coc5ccccc5c4=O)CC3)c3cc(N)ccc32)c1. The van der Waals surface area contributed by atoms with E-state index in [0.717, 1.165) is 16.6 Å². The average molecular weight is 508 g/mol. The van der Waals surface area contributed by atoms with Crippen molar-refractivity contribution in [3.05, 3.63) is 101 Å².